The van der Waals surface area contributed by atoms with Crippen LogP contribution in [0.4, 0.5) is 0 Å². The minimum atomic E-state index is -0.489. The van der Waals surface area contributed by atoms with Crippen LogP contribution in [0, 0.1) is 5.92 Å². The Hall–Kier alpha value is -2.32. The highest BCUT2D eigenvalue weighted by Crippen LogP contribution is 2.19. The van der Waals surface area contributed by atoms with E-state index < -0.39 is 11.9 Å². The molecule has 0 aliphatic heterocycles. The van der Waals surface area contributed by atoms with Crippen molar-refractivity contribution < 1.29 is 19.1 Å². The lowest BCUT2D eigenvalue weighted by molar-refractivity contribution is -0.133. The molecule has 0 radical (unpaired) electrons. The van der Waals surface area contributed by atoms with E-state index in [0.717, 1.165) is 5.57 Å². The largest absolute Gasteiger partial charge is 0.465 e. The van der Waals surface area contributed by atoms with Crippen molar-refractivity contribution in [3.05, 3.63) is 46.7 Å². The van der Waals surface area contributed by atoms with Crippen LogP contribution < -0.4 is 0 Å². The van der Waals surface area contributed by atoms with Gasteiger partial charge in [0.25, 0.3) is 0 Å². The molecular formula is C17H20O4. The molecule has 0 atom stereocenters. The molecule has 0 saturated carbocycles. The van der Waals surface area contributed by atoms with Gasteiger partial charge in [0.15, 0.2) is 0 Å². The van der Waals surface area contributed by atoms with Gasteiger partial charge in [0.05, 0.1) is 19.8 Å². The Morgan fingerprint density at radius 3 is 2.24 bits per heavy atom. The zero-order chi connectivity index (χ0) is 16.0. The van der Waals surface area contributed by atoms with Crippen molar-refractivity contribution >= 4 is 17.5 Å². The standard InChI is InChI=1S/C17H20O4/c1-11(2)12(3)9-15(17(19)21-5)13-7-6-8-14(10-13)16(18)20-4/h6-8,10-11H,1-5H3. The first-order valence-electron chi connectivity index (χ1n) is 6.65. The van der Waals surface area contributed by atoms with Gasteiger partial charge in [-0.15, -0.1) is 5.73 Å². The summed E-state index contributed by atoms with van der Waals surface area (Å²) >= 11 is 0. The van der Waals surface area contributed by atoms with E-state index in [-0.39, 0.29) is 5.92 Å². The fourth-order valence-electron chi connectivity index (χ4n) is 1.60. The van der Waals surface area contributed by atoms with Crippen molar-refractivity contribution in [2.45, 2.75) is 20.8 Å². The number of carbonyl (C=O) groups is 2. The minimum absolute atomic E-state index is 0.258. The lowest BCUT2D eigenvalue weighted by Gasteiger charge is -2.07. The fourth-order valence-corrected chi connectivity index (χ4v) is 1.60. The van der Waals surface area contributed by atoms with Crippen molar-refractivity contribution in [1.82, 2.24) is 0 Å². The predicted octanol–water partition coefficient (Wildman–Crippen LogP) is 3.23. The van der Waals surface area contributed by atoms with Crippen LogP contribution in [-0.4, -0.2) is 26.2 Å². The topological polar surface area (TPSA) is 52.6 Å². The molecule has 1 aromatic rings. The molecule has 0 saturated heterocycles. The van der Waals surface area contributed by atoms with Crippen molar-refractivity contribution in [2.75, 3.05) is 14.2 Å². The van der Waals surface area contributed by atoms with Gasteiger partial charge < -0.3 is 9.47 Å². The molecular weight excluding hydrogens is 268 g/mol. The van der Waals surface area contributed by atoms with Crippen LogP contribution in [-0.2, 0) is 14.3 Å². The second-order valence-corrected chi connectivity index (χ2v) is 4.90. The Balaban J connectivity index is 3.45. The van der Waals surface area contributed by atoms with Gasteiger partial charge in [-0.05, 0) is 36.1 Å². The Labute approximate surface area is 125 Å². The molecule has 21 heavy (non-hydrogen) atoms. The van der Waals surface area contributed by atoms with Crippen LogP contribution in [0.15, 0.2) is 35.6 Å². The maximum atomic E-state index is 12.0. The molecule has 0 amide bonds. The summed E-state index contributed by atoms with van der Waals surface area (Å²) in [5.41, 5.74) is 5.25. The molecule has 0 heterocycles. The zero-order valence-corrected chi connectivity index (χ0v) is 13.0. The molecule has 0 aliphatic carbocycles. The van der Waals surface area contributed by atoms with Crippen LogP contribution in [0.25, 0.3) is 5.57 Å². The lowest BCUT2D eigenvalue weighted by atomic mass is 10.00. The van der Waals surface area contributed by atoms with E-state index >= 15 is 0 Å². The van der Waals surface area contributed by atoms with Gasteiger partial charge in [-0.1, -0.05) is 26.0 Å². The summed E-state index contributed by atoms with van der Waals surface area (Å²) in [5, 5.41) is 0. The second kappa shape index (κ2) is 7.46. The van der Waals surface area contributed by atoms with Gasteiger partial charge in [-0.3, -0.25) is 0 Å². The summed E-state index contributed by atoms with van der Waals surface area (Å²) in [7, 11) is 2.63. The van der Waals surface area contributed by atoms with Crippen LogP contribution in [0.1, 0.15) is 36.7 Å². The van der Waals surface area contributed by atoms with Crippen molar-refractivity contribution in [3.63, 3.8) is 0 Å². The predicted molar refractivity (Wildman–Crippen MR) is 80.7 cm³/mol. The molecule has 1 rings (SSSR count). The van der Waals surface area contributed by atoms with E-state index in [1.807, 2.05) is 20.8 Å². The van der Waals surface area contributed by atoms with E-state index in [0.29, 0.717) is 16.7 Å². The lowest BCUT2D eigenvalue weighted by Crippen LogP contribution is -2.06. The number of methoxy groups -OCH3 is 2. The van der Waals surface area contributed by atoms with E-state index in [1.165, 1.54) is 14.2 Å². The number of hydrogen-bond acceptors (Lipinski definition) is 4. The quantitative estimate of drug-likeness (QED) is 0.485. The van der Waals surface area contributed by atoms with Gasteiger partial charge in [-0.25, -0.2) is 9.59 Å². The van der Waals surface area contributed by atoms with Crippen molar-refractivity contribution in [1.29, 1.82) is 0 Å². The number of hydrogen-bond donors (Lipinski definition) is 0. The fraction of sp³-hybridized carbons (Fsp3) is 0.353. The van der Waals surface area contributed by atoms with E-state index in [9.17, 15) is 9.59 Å². The van der Waals surface area contributed by atoms with Crippen LogP contribution in [0.3, 0.4) is 0 Å². The maximum absolute atomic E-state index is 12.0. The maximum Gasteiger partial charge on any atom is 0.346 e. The first-order valence-corrected chi connectivity index (χ1v) is 6.65. The average Bonchev–Trinajstić information content (AvgIpc) is 2.50. The van der Waals surface area contributed by atoms with Crippen LogP contribution in [0.2, 0.25) is 0 Å². The van der Waals surface area contributed by atoms with Gasteiger partial charge in [-0.2, -0.15) is 0 Å². The molecule has 0 bridgehead atoms. The number of carbonyl (C=O) groups excluding carboxylic acids is 2. The molecule has 0 N–H and O–H groups in total. The third-order valence-corrected chi connectivity index (χ3v) is 3.15. The molecule has 112 valence electrons. The third-order valence-electron chi connectivity index (χ3n) is 3.15. The SMILES string of the molecule is COC(=O)C(=C=C(C)C(C)C)c1cccc(C(=O)OC)c1. The summed E-state index contributed by atoms with van der Waals surface area (Å²) in [4.78, 5) is 23.6. The highest BCUT2D eigenvalue weighted by atomic mass is 16.5. The molecule has 0 unspecified atom stereocenters. The Morgan fingerprint density at radius 1 is 1.10 bits per heavy atom. The summed E-state index contributed by atoms with van der Waals surface area (Å²) in [5.74, 6) is -0.684. The van der Waals surface area contributed by atoms with Gasteiger partial charge in [0, 0.05) is 0 Å². The average molecular weight is 288 g/mol. The van der Waals surface area contributed by atoms with Gasteiger partial charge >= 0.3 is 11.9 Å². The molecule has 0 aliphatic rings. The number of benzene rings is 1. The highest BCUT2D eigenvalue weighted by molar-refractivity contribution is 6.16. The third kappa shape index (κ3) is 4.33. The number of esters is 2. The summed E-state index contributed by atoms with van der Waals surface area (Å²) in [6, 6.07) is 6.65. The Kier molecular flexibility index (Phi) is 5.94. The highest BCUT2D eigenvalue weighted by Gasteiger charge is 2.15. The Morgan fingerprint density at radius 2 is 1.71 bits per heavy atom. The molecule has 1 aromatic carbocycles. The van der Waals surface area contributed by atoms with Gasteiger partial charge in [0.2, 0.25) is 0 Å². The number of ether oxygens (including phenoxy) is 2. The van der Waals surface area contributed by atoms with Crippen molar-refractivity contribution in [3.8, 4) is 0 Å². The summed E-state index contributed by atoms with van der Waals surface area (Å²) in [6.45, 7) is 5.93. The first-order chi connectivity index (χ1) is 9.90. The minimum Gasteiger partial charge on any atom is -0.465 e. The molecule has 4 nitrogen and oxygen atoms in total. The summed E-state index contributed by atoms with van der Waals surface area (Å²) in [6.07, 6.45) is 0. The normalized spacial score (nSPS) is 9.81. The van der Waals surface area contributed by atoms with Crippen molar-refractivity contribution in [2.24, 2.45) is 5.92 Å². The monoisotopic (exact) mass is 288 g/mol. The van der Waals surface area contributed by atoms with E-state index in [1.54, 1.807) is 24.3 Å². The Bertz CT molecular complexity index is 605. The second-order valence-electron chi connectivity index (χ2n) is 4.90. The smallest absolute Gasteiger partial charge is 0.346 e. The molecule has 4 heteroatoms. The first kappa shape index (κ1) is 16.7. The van der Waals surface area contributed by atoms with Gasteiger partial charge in [0.1, 0.15) is 5.57 Å². The molecule has 0 spiro atoms. The van der Waals surface area contributed by atoms with E-state index in [2.05, 4.69) is 10.5 Å². The van der Waals surface area contributed by atoms with E-state index in [4.69, 9.17) is 4.74 Å². The molecule has 0 fully saturated rings. The molecule has 0 aromatic heterocycles. The van der Waals surface area contributed by atoms with Crippen LogP contribution >= 0.6 is 0 Å². The zero-order valence-electron chi connectivity index (χ0n) is 13.0. The summed E-state index contributed by atoms with van der Waals surface area (Å²) < 4.78 is 9.49. The number of rotatable bonds is 4. The van der Waals surface area contributed by atoms with Crippen LogP contribution in [0.5, 0.6) is 0 Å².